The van der Waals surface area contributed by atoms with E-state index < -0.39 is 17.8 Å². The second-order valence-electron chi connectivity index (χ2n) is 5.13. The van der Waals surface area contributed by atoms with Crippen molar-refractivity contribution in [2.45, 2.75) is 25.8 Å². The van der Waals surface area contributed by atoms with Crippen molar-refractivity contribution in [1.82, 2.24) is 5.32 Å². The molecule has 0 spiro atoms. The maximum Gasteiger partial charge on any atom is 0.307 e. The first-order valence-corrected chi connectivity index (χ1v) is 6.40. The van der Waals surface area contributed by atoms with Crippen LogP contribution in [0.2, 0.25) is 0 Å². The average Bonchev–Trinajstić information content (AvgIpc) is 2.95. The first-order chi connectivity index (χ1) is 8.58. The summed E-state index contributed by atoms with van der Waals surface area (Å²) in [6.07, 6.45) is 5.26. The number of hydrogen-bond donors (Lipinski definition) is 3. The zero-order chi connectivity index (χ0) is 13.3. The highest BCUT2D eigenvalue weighted by molar-refractivity contribution is 5.87. The second-order valence-corrected chi connectivity index (χ2v) is 5.13. The number of aliphatic hydroxyl groups is 1. The van der Waals surface area contributed by atoms with E-state index in [1.807, 2.05) is 19.1 Å². The van der Waals surface area contributed by atoms with Crippen LogP contribution in [0.3, 0.4) is 0 Å². The Hall–Kier alpha value is -1.36. The lowest BCUT2D eigenvalue weighted by Gasteiger charge is -2.25. The molecule has 0 heterocycles. The monoisotopic (exact) mass is 253 g/mol. The van der Waals surface area contributed by atoms with Crippen LogP contribution in [-0.4, -0.2) is 34.7 Å². The van der Waals surface area contributed by atoms with Crippen molar-refractivity contribution < 1.29 is 19.8 Å². The molecule has 4 unspecified atom stereocenters. The maximum absolute atomic E-state index is 12.2. The van der Waals surface area contributed by atoms with Crippen molar-refractivity contribution in [2.75, 3.05) is 6.61 Å². The predicted octanol–water partition coefficient (Wildman–Crippen LogP) is 0.396. The van der Waals surface area contributed by atoms with Gasteiger partial charge in [-0.15, -0.1) is 0 Å². The van der Waals surface area contributed by atoms with Crippen molar-refractivity contribution in [1.29, 1.82) is 0 Å². The fourth-order valence-corrected chi connectivity index (χ4v) is 3.09. The molecule has 3 N–H and O–H groups in total. The fourth-order valence-electron chi connectivity index (χ4n) is 3.09. The molecule has 18 heavy (non-hydrogen) atoms. The van der Waals surface area contributed by atoms with Gasteiger partial charge in [-0.25, -0.2) is 0 Å². The molecule has 2 rings (SSSR count). The van der Waals surface area contributed by atoms with E-state index in [0.29, 0.717) is 6.42 Å². The van der Waals surface area contributed by atoms with Gasteiger partial charge in [0.05, 0.1) is 24.5 Å². The van der Waals surface area contributed by atoms with Gasteiger partial charge in [0.1, 0.15) is 0 Å². The van der Waals surface area contributed by atoms with Crippen molar-refractivity contribution in [3.63, 3.8) is 0 Å². The van der Waals surface area contributed by atoms with Crippen LogP contribution < -0.4 is 5.32 Å². The first kappa shape index (κ1) is 13.1. The van der Waals surface area contributed by atoms with Crippen LogP contribution in [0.25, 0.3) is 0 Å². The molecule has 0 aliphatic heterocycles. The molecule has 100 valence electrons. The lowest BCUT2D eigenvalue weighted by molar-refractivity contribution is -0.148. The number of amides is 1. The number of aliphatic hydroxyl groups excluding tert-OH is 1. The summed E-state index contributed by atoms with van der Waals surface area (Å²) < 4.78 is 0. The Bertz CT molecular complexity index is 375. The molecule has 2 aliphatic rings. The third-order valence-electron chi connectivity index (χ3n) is 4.11. The summed E-state index contributed by atoms with van der Waals surface area (Å²) in [5.74, 6) is -2.22. The Balaban J connectivity index is 2.09. The lowest BCUT2D eigenvalue weighted by Crippen LogP contribution is -2.45. The summed E-state index contributed by atoms with van der Waals surface area (Å²) in [7, 11) is 0. The molecule has 5 nitrogen and oxygen atoms in total. The molecule has 0 aromatic carbocycles. The maximum atomic E-state index is 12.2. The number of carboxylic acid groups (broad SMARTS) is 1. The summed E-state index contributed by atoms with van der Waals surface area (Å²) >= 11 is 0. The van der Waals surface area contributed by atoms with Gasteiger partial charge >= 0.3 is 5.97 Å². The number of carbonyl (C=O) groups excluding carboxylic acids is 1. The predicted molar refractivity (Wildman–Crippen MR) is 64.7 cm³/mol. The molecule has 2 aliphatic carbocycles. The number of aliphatic carboxylic acids is 1. The summed E-state index contributed by atoms with van der Waals surface area (Å²) in [6.45, 7) is 1.76. The van der Waals surface area contributed by atoms with Crippen LogP contribution in [-0.2, 0) is 9.59 Å². The Labute approximate surface area is 106 Å². The summed E-state index contributed by atoms with van der Waals surface area (Å²) in [5.41, 5.74) is 0. The first-order valence-electron chi connectivity index (χ1n) is 6.40. The highest BCUT2D eigenvalue weighted by Crippen LogP contribution is 2.48. The molecule has 0 aromatic rings. The SMILES string of the molecule is CC[C@H](CO)NC(=O)C1C2C=CC(C2)C1C(=O)O. The second kappa shape index (κ2) is 5.10. The smallest absolute Gasteiger partial charge is 0.307 e. The molecular formula is C13H19NO4. The zero-order valence-corrected chi connectivity index (χ0v) is 10.4. The van der Waals surface area contributed by atoms with Gasteiger partial charge in [-0.2, -0.15) is 0 Å². The molecule has 1 fully saturated rings. The molecule has 1 saturated carbocycles. The highest BCUT2D eigenvalue weighted by atomic mass is 16.4. The van der Waals surface area contributed by atoms with Gasteiger partial charge in [-0.3, -0.25) is 9.59 Å². The van der Waals surface area contributed by atoms with E-state index in [9.17, 15) is 14.7 Å². The Morgan fingerprint density at radius 3 is 2.44 bits per heavy atom. The Morgan fingerprint density at radius 1 is 1.33 bits per heavy atom. The number of carbonyl (C=O) groups is 2. The third-order valence-corrected chi connectivity index (χ3v) is 4.11. The van der Waals surface area contributed by atoms with E-state index in [2.05, 4.69) is 5.32 Å². The third kappa shape index (κ3) is 2.14. The van der Waals surface area contributed by atoms with E-state index in [-0.39, 0.29) is 30.4 Å². The quantitative estimate of drug-likeness (QED) is 0.619. The van der Waals surface area contributed by atoms with Crippen molar-refractivity contribution in [2.24, 2.45) is 23.7 Å². The van der Waals surface area contributed by atoms with Gasteiger partial charge in [-0.05, 0) is 24.7 Å². The Kier molecular flexibility index (Phi) is 3.71. The highest BCUT2D eigenvalue weighted by Gasteiger charge is 2.51. The lowest BCUT2D eigenvalue weighted by atomic mass is 9.82. The van der Waals surface area contributed by atoms with Gasteiger partial charge in [0.25, 0.3) is 0 Å². The number of carboxylic acids is 1. The van der Waals surface area contributed by atoms with Crippen LogP contribution >= 0.6 is 0 Å². The van der Waals surface area contributed by atoms with Crippen LogP contribution in [0.5, 0.6) is 0 Å². The zero-order valence-electron chi connectivity index (χ0n) is 10.4. The number of fused-ring (bicyclic) bond motifs is 2. The van der Waals surface area contributed by atoms with Gasteiger partial charge in [0.15, 0.2) is 0 Å². The number of nitrogens with one attached hydrogen (secondary N) is 1. The van der Waals surface area contributed by atoms with Crippen molar-refractivity contribution in [3.05, 3.63) is 12.2 Å². The van der Waals surface area contributed by atoms with E-state index in [1.54, 1.807) is 0 Å². The van der Waals surface area contributed by atoms with Crippen molar-refractivity contribution in [3.8, 4) is 0 Å². The van der Waals surface area contributed by atoms with E-state index in [1.165, 1.54) is 0 Å². The molecule has 0 saturated heterocycles. The van der Waals surface area contributed by atoms with Crippen LogP contribution in [0.15, 0.2) is 12.2 Å². The molecule has 0 radical (unpaired) electrons. The average molecular weight is 253 g/mol. The molecule has 5 heteroatoms. The van der Waals surface area contributed by atoms with Gasteiger partial charge in [0, 0.05) is 0 Å². The molecular weight excluding hydrogens is 234 g/mol. The van der Waals surface area contributed by atoms with Crippen LogP contribution in [0.1, 0.15) is 19.8 Å². The normalized spacial score (nSPS) is 34.6. The van der Waals surface area contributed by atoms with E-state index >= 15 is 0 Å². The topological polar surface area (TPSA) is 86.6 Å². The Morgan fingerprint density at radius 2 is 1.94 bits per heavy atom. The standard InChI is InChI=1S/C13H19NO4/c1-2-9(6-15)14-12(16)10-7-3-4-8(5-7)11(10)13(17)18/h3-4,7-11,15H,2,5-6H2,1H3,(H,14,16)(H,17,18)/t7?,8?,9-,10?,11?/m1/s1. The molecule has 5 atom stereocenters. The number of hydrogen-bond acceptors (Lipinski definition) is 3. The van der Waals surface area contributed by atoms with Crippen molar-refractivity contribution >= 4 is 11.9 Å². The van der Waals surface area contributed by atoms with Gasteiger partial charge < -0.3 is 15.5 Å². The molecule has 1 amide bonds. The van der Waals surface area contributed by atoms with E-state index in [0.717, 1.165) is 6.42 Å². The minimum Gasteiger partial charge on any atom is -0.481 e. The fraction of sp³-hybridized carbons (Fsp3) is 0.692. The minimum absolute atomic E-state index is 0.0162. The summed E-state index contributed by atoms with van der Waals surface area (Å²) in [5, 5.41) is 21.1. The van der Waals surface area contributed by atoms with Crippen LogP contribution in [0, 0.1) is 23.7 Å². The number of rotatable bonds is 5. The molecule has 2 bridgehead atoms. The van der Waals surface area contributed by atoms with Gasteiger partial charge in [-0.1, -0.05) is 19.1 Å². The van der Waals surface area contributed by atoms with Crippen LogP contribution in [0.4, 0.5) is 0 Å². The minimum atomic E-state index is -0.899. The summed E-state index contributed by atoms with van der Waals surface area (Å²) in [4.78, 5) is 23.4. The van der Waals surface area contributed by atoms with E-state index in [4.69, 9.17) is 5.11 Å². The number of allylic oxidation sites excluding steroid dienone is 2. The largest absolute Gasteiger partial charge is 0.481 e. The van der Waals surface area contributed by atoms with Gasteiger partial charge in [0.2, 0.25) is 5.91 Å². The summed E-state index contributed by atoms with van der Waals surface area (Å²) in [6, 6.07) is -0.282. The molecule has 0 aromatic heterocycles.